The molecule has 0 bridgehead atoms. The lowest BCUT2D eigenvalue weighted by molar-refractivity contribution is -0.128. The summed E-state index contributed by atoms with van der Waals surface area (Å²) in [6.07, 6.45) is 5.12. The molecule has 4 atom stereocenters. The zero-order valence-corrected chi connectivity index (χ0v) is 10.5. The van der Waals surface area contributed by atoms with E-state index in [1.807, 2.05) is 13.0 Å². The molecule has 17 heavy (non-hydrogen) atoms. The van der Waals surface area contributed by atoms with Crippen LogP contribution in [0.5, 0.6) is 0 Å². The Kier molecular flexibility index (Phi) is 4.56. The van der Waals surface area contributed by atoms with Gasteiger partial charge in [0.05, 0.1) is 25.4 Å². The van der Waals surface area contributed by atoms with E-state index < -0.39 is 0 Å². The molecule has 4 heteroatoms. The van der Waals surface area contributed by atoms with Crippen LogP contribution in [0.1, 0.15) is 19.8 Å². The topological polar surface area (TPSA) is 47.9 Å². The Morgan fingerprint density at radius 2 is 2.06 bits per heavy atom. The van der Waals surface area contributed by atoms with Crippen LogP contribution in [-0.4, -0.2) is 43.9 Å². The Morgan fingerprint density at radius 1 is 1.35 bits per heavy atom. The lowest BCUT2D eigenvalue weighted by Crippen LogP contribution is -2.34. The van der Waals surface area contributed by atoms with Crippen molar-refractivity contribution in [3.8, 4) is 0 Å². The molecule has 1 aliphatic carbocycles. The minimum Gasteiger partial charge on any atom is -0.393 e. The van der Waals surface area contributed by atoms with E-state index in [1.54, 1.807) is 7.11 Å². The highest BCUT2D eigenvalue weighted by atomic mass is 16.7. The fourth-order valence-corrected chi connectivity index (χ4v) is 2.94. The third kappa shape index (κ3) is 2.71. The normalized spacial score (nSPS) is 39.5. The molecule has 1 saturated carbocycles. The lowest BCUT2D eigenvalue weighted by atomic mass is 9.90. The molecule has 0 aromatic carbocycles. The summed E-state index contributed by atoms with van der Waals surface area (Å²) < 4.78 is 16.7. The van der Waals surface area contributed by atoms with Gasteiger partial charge in [-0.3, -0.25) is 0 Å². The van der Waals surface area contributed by atoms with E-state index in [0.29, 0.717) is 19.6 Å². The molecule has 0 amide bonds. The van der Waals surface area contributed by atoms with Crippen LogP contribution in [0.15, 0.2) is 12.2 Å². The SMILES string of the molecule is C/C=C\CC1C(O)CC(OC)C1C1OCCO1. The lowest BCUT2D eigenvalue weighted by Gasteiger charge is -2.28. The van der Waals surface area contributed by atoms with Gasteiger partial charge in [-0.1, -0.05) is 12.2 Å². The van der Waals surface area contributed by atoms with Crippen molar-refractivity contribution in [3.63, 3.8) is 0 Å². The number of aliphatic hydroxyl groups excluding tert-OH is 1. The molecule has 2 aliphatic rings. The third-order valence-corrected chi connectivity index (χ3v) is 3.80. The Morgan fingerprint density at radius 3 is 2.65 bits per heavy atom. The summed E-state index contributed by atoms with van der Waals surface area (Å²) >= 11 is 0. The number of hydrogen-bond acceptors (Lipinski definition) is 4. The van der Waals surface area contributed by atoms with Crippen LogP contribution in [0.4, 0.5) is 0 Å². The van der Waals surface area contributed by atoms with Crippen molar-refractivity contribution in [1.29, 1.82) is 0 Å². The number of aliphatic hydroxyl groups is 1. The van der Waals surface area contributed by atoms with Gasteiger partial charge in [-0.2, -0.15) is 0 Å². The summed E-state index contributed by atoms with van der Waals surface area (Å²) in [7, 11) is 1.69. The number of allylic oxidation sites excluding steroid dienone is 2. The van der Waals surface area contributed by atoms with Crippen molar-refractivity contribution < 1.29 is 19.3 Å². The number of methoxy groups -OCH3 is 1. The molecule has 2 fully saturated rings. The summed E-state index contributed by atoms with van der Waals surface area (Å²) in [6.45, 7) is 3.28. The molecule has 1 saturated heterocycles. The highest BCUT2D eigenvalue weighted by Gasteiger charge is 2.48. The smallest absolute Gasteiger partial charge is 0.163 e. The van der Waals surface area contributed by atoms with Crippen LogP contribution in [0.25, 0.3) is 0 Å². The molecule has 0 radical (unpaired) electrons. The third-order valence-electron chi connectivity index (χ3n) is 3.80. The van der Waals surface area contributed by atoms with E-state index in [-0.39, 0.29) is 30.3 Å². The van der Waals surface area contributed by atoms with Gasteiger partial charge in [0.15, 0.2) is 6.29 Å². The first-order valence-electron chi connectivity index (χ1n) is 6.33. The average Bonchev–Trinajstić information content (AvgIpc) is 2.93. The van der Waals surface area contributed by atoms with E-state index in [2.05, 4.69) is 6.08 Å². The van der Waals surface area contributed by atoms with Gasteiger partial charge in [-0.25, -0.2) is 0 Å². The van der Waals surface area contributed by atoms with Crippen molar-refractivity contribution in [1.82, 2.24) is 0 Å². The molecule has 0 aromatic heterocycles. The Hall–Kier alpha value is -0.420. The van der Waals surface area contributed by atoms with Crippen LogP contribution < -0.4 is 0 Å². The fraction of sp³-hybridized carbons (Fsp3) is 0.846. The van der Waals surface area contributed by atoms with Gasteiger partial charge < -0.3 is 19.3 Å². The first-order valence-corrected chi connectivity index (χ1v) is 6.33. The van der Waals surface area contributed by atoms with Crippen molar-refractivity contribution in [2.75, 3.05) is 20.3 Å². The molecular weight excluding hydrogens is 220 g/mol. The van der Waals surface area contributed by atoms with Gasteiger partial charge >= 0.3 is 0 Å². The Balaban J connectivity index is 2.08. The molecule has 1 N–H and O–H groups in total. The minimum absolute atomic E-state index is 0.0309. The van der Waals surface area contributed by atoms with Crippen molar-refractivity contribution in [3.05, 3.63) is 12.2 Å². The van der Waals surface area contributed by atoms with E-state index in [4.69, 9.17) is 14.2 Å². The molecule has 0 spiro atoms. The maximum Gasteiger partial charge on any atom is 0.163 e. The Labute approximate surface area is 103 Å². The molecular formula is C13H22O4. The van der Waals surface area contributed by atoms with E-state index in [0.717, 1.165) is 6.42 Å². The summed E-state index contributed by atoms with van der Waals surface area (Å²) in [5.41, 5.74) is 0. The largest absolute Gasteiger partial charge is 0.393 e. The summed E-state index contributed by atoms with van der Waals surface area (Å²) in [4.78, 5) is 0. The number of rotatable bonds is 4. The summed E-state index contributed by atoms with van der Waals surface area (Å²) in [5.74, 6) is 0.299. The number of hydrogen-bond donors (Lipinski definition) is 1. The molecule has 4 nitrogen and oxygen atoms in total. The summed E-state index contributed by atoms with van der Waals surface area (Å²) in [5, 5.41) is 10.1. The average molecular weight is 242 g/mol. The van der Waals surface area contributed by atoms with Crippen molar-refractivity contribution in [2.24, 2.45) is 11.8 Å². The predicted octanol–water partition coefficient (Wildman–Crippen LogP) is 1.34. The predicted molar refractivity (Wildman–Crippen MR) is 63.5 cm³/mol. The molecule has 2 rings (SSSR count). The highest BCUT2D eigenvalue weighted by molar-refractivity contribution is 4.97. The van der Waals surface area contributed by atoms with Crippen molar-refractivity contribution in [2.45, 2.75) is 38.3 Å². The zero-order chi connectivity index (χ0) is 12.3. The first-order chi connectivity index (χ1) is 8.27. The molecule has 1 heterocycles. The van der Waals surface area contributed by atoms with E-state index in [9.17, 15) is 5.11 Å². The standard InChI is InChI=1S/C13H22O4/c1-3-4-5-9-10(14)8-11(15-2)12(9)13-16-6-7-17-13/h3-4,9-14H,5-8H2,1-2H3/b4-3-. The van der Waals surface area contributed by atoms with Crippen LogP contribution in [0.2, 0.25) is 0 Å². The highest BCUT2D eigenvalue weighted by Crippen LogP contribution is 2.41. The van der Waals surface area contributed by atoms with Crippen LogP contribution in [0.3, 0.4) is 0 Å². The maximum absolute atomic E-state index is 10.1. The first kappa shape index (κ1) is 13.0. The fourth-order valence-electron chi connectivity index (χ4n) is 2.94. The molecule has 1 aliphatic heterocycles. The van der Waals surface area contributed by atoms with Gasteiger partial charge in [-0.15, -0.1) is 0 Å². The number of ether oxygens (including phenoxy) is 3. The second-order valence-corrected chi connectivity index (χ2v) is 4.73. The minimum atomic E-state index is -0.325. The maximum atomic E-state index is 10.1. The monoisotopic (exact) mass is 242 g/mol. The summed E-state index contributed by atoms with van der Waals surface area (Å²) in [6, 6.07) is 0. The van der Waals surface area contributed by atoms with Gasteiger partial charge in [0.2, 0.25) is 0 Å². The molecule has 0 aromatic rings. The molecule has 98 valence electrons. The van der Waals surface area contributed by atoms with E-state index >= 15 is 0 Å². The van der Waals surface area contributed by atoms with Gasteiger partial charge in [0, 0.05) is 19.4 Å². The van der Waals surface area contributed by atoms with Crippen LogP contribution >= 0.6 is 0 Å². The van der Waals surface area contributed by atoms with E-state index in [1.165, 1.54) is 0 Å². The molecule has 4 unspecified atom stereocenters. The van der Waals surface area contributed by atoms with Gasteiger partial charge in [-0.05, 0) is 19.3 Å². The second kappa shape index (κ2) is 5.96. The van der Waals surface area contributed by atoms with Gasteiger partial charge in [0.1, 0.15) is 0 Å². The second-order valence-electron chi connectivity index (χ2n) is 4.73. The van der Waals surface area contributed by atoms with Crippen LogP contribution in [0, 0.1) is 11.8 Å². The van der Waals surface area contributed by atoms with Crippen molar-refractivity contribution >= 4 is 0 Å². The quantitative estimate of drug-likeness (QED) is 0.756. The van der Waals surface area contributed by atoms with Gasteiger partial charge in [0.25, 0.3) is 0 Å². The van der Waals surface area contributed by atoms with Crippen LogP contribution in [-0.2, 0) is 14.2 Å². The zero-order valence-electron chi connectivity index (χ0n) is 10.5. The Bertz CT molecular complexity index is 258.